The number of rotatable bonds is 10. The molecule has 9 aromatic heterocycles. The monoisotopic (exact) mass is 1500 g/mol. The number of nitro groups is 2. The van der Waals surface area contributed by atoms with E-state index in [9.17, 15) is 20.2 Å². The molecule has 0 atom stereocenters. The van der Waals surface area contributed by atoms with E-state index in [-0.39, 0.29) is 79.6 Å². The second kappa shape index (κ2) is 42.1. The van der Waals surface area contributed by atoms with Gasteiger partial charge in [0.15, 0.2) is 11.2 Å². The summed E-state index contributed by atoms with van der Waals surface area (Å²) in [6.45, 7) is 14.3. The molecule has 1 fully saturated rings. The van der Waals surface area contributed by atoms with E-state index in [1.807, 2.05) is 115 Å². The molecule has 0 bridgehead atoms. The van der Waals surface area contributed by atoms with E-state index >= 15 is 0 Å². The first-order chi connectivity index (χ1) is 47.6. The van der Waals surface area contributed by atoms with Crippen LogP contribution in [-0.2, 0) is 17.6 Å². The molecule has 1 aliphatic rings. The molecule has 101 heavy (non-hydrogen) atoms. The van der Waals surface area contributed by atoms with Crippen molar-refractivity contribution in [3.63, 3.8) is 0 Å². The first-order valence-electron chi connectivity index (χ1n) is 30.0. The van der Waals surface area contributed by atoms with E-state index in [1.165, 1.54) is 19.0 Å². The molecule has 0 unspecified atom stereocenters. The minimum absolute atomic E-state index is 0. The number of aromatic nitrogens is 15. The van der Waals surface area contributed by atoms with Crippen LogP contribution in [0.5, 0.6) is 0 Å². The fourth-order valence-corrected chi connectivity index (χ4v) is 10.3. The quantitative estimate of drug-likeness (QED) is 0.0244. The van der Waals surface area contributed by atoms with Gasteiger partial charge in [-0.05, 0) is 190 Å². The van der Waals surface area contributed by atoms with Gasteiger partial charge in [-0.2, -0.15) is 14.6 Å². The number of pyridine rings is 4. The Morgan fingerprint density at radius 1 is 0.554 bits per heavy atom. The predicted molar refractivity (Wildman–Crippen MR) is 393 cm³/mol. The van der Waals surface area contributed by atoms with Crippen molar-refractivity contribution in [3.8, 4) is 5.69 Å². The number of nitrogens with two attached hydrogens (primary N) is 2. The van der Waals surface area contributed by atoms with Crippen molar-refractivity contribution >= 4 is 148 Å². The summed E-state index contributed by atoms with van der Waals surface area (Å²) < 4.78 is 6.58. The van der Waals surface area contributed by atoms with E-state index in [1.54, 1.807) is 35.7 Å². The van der Waals surface area contributed by atoms with Crippen molar-refractivity contribution in [2.45, 2.75) is 72.4 Å². The fourth-order valence-electron chi connectivity index (χ4n) is 9.53. The van der Waals surface area contributed by atoms with Crippen LogP contribution in [0.4, 0.5) is 22.7 Å². The van der Waals surface area contributed by atoms with Gasteiger partial charge in [0.05, 0.1) is 61.4 Å². The van der Waals surface area contributed by atoms with E-state index in [4.69, 9.17) is 84.3 Å². The Labute approximate surface area is 631 Å². The van der Waals surface area contributed by atoms with Gasteiger partial charge in [0.25, 0.3) is 0 Å². The number of nitrogens with zero attached hydrogens (tertiary/aromatic N) is 19. The Morgan fingerprint density at radius 3 is 1.45 bits per heavy atom. The molecular weight excluding hydrogens is 1430 g/mol. The molecule has 10 heterocycles. The van der Waals surface area contributed by atoms with Gasteiger partial charge in [0.2, 0.25) is 26.3 Å². The molecule has 1 aliphatic heterocycles. The number of nitrogen functional groups attached to an aromatic ring is 2. The van der Waals surface area contributed by atoms with Crippen molar-refractivity contribution in [3.05, 3.63) is 250 Å². The summed E-state index contributed by atoms with van der Waals surface area (Å²) in [4.78, 5) is 77.8. The molecule has 518 valence electrons. The maximum atomic E-state index is 11.0. The molecule has 14 rings (SSSR count). The first kappa shape index (κ1) is 82.4. The number of hydrogen-bond acceptors (Lipinski definition) is 25. The maximum absolute atomic E-state index is 11.0. The average Bonchev–Trinajstić information content (AvgIpc) is 1.70. The SMILES string of the molecule is C1CCOC1.CCN(C(C)C)C(C)C.Cl.Clc1ncc2nnn(-c3ccc4ncccc4c3)c2n1.Nc1ccc2ncccc2c1.Nc1cnc(Cl)nc1Cc1ccc2ncccc2c1.O=N[O-].O=[N+]([O-])c1cnc(Cl)nc1Cc1ccc2ncccc2c1.O=[N+]([O-])c1cnc(Cl)nc1Cl.[Na+]. The zero-order valence-corrected chi connectivity index (χ0v) is 61.7. The second-order valence-corrected chi connectivity index (χ2v) is 23.1. The van der Waals surface area contributed by atoms with Crippen LogP contribution in [0.3, 0.4) is 0 Å². The summed E-state index contributed by atoms with van der Waals surface area (Å²) in [6, 6.07) is 40.2. The standard InChI is InChI=1S/C14H9ClN4O2.C14H11ClN4.C13H7ClN6.C9H8N2.C8H19N.C4HCl2N3O2.C4H8O.ClH.HNO2.Na/c15-14-17-8-13(19(20)21)12(18-14)7-9-3-4-11-10(6-9)2-1-5-16-11;15-14-18-8-11(16)13(19-14)7-9-3-4-12-10(6-9)2-1-5-17-12;14-13-16-7-11-12(17-13)20(19-18-11)9-3-4-10-8(6-9)2-1-5-15-10;10-8-3-4-9-7(6-8)2-1-5-11-9;1-6-9(7(2)3)8(4)5;5-3-2(9(10)11)1-7-4(6)8-3;1-2-4-5-3-1;;2-1-3;/h1-6,8H,7H2;1-6,8H,7,16H2;1-7H;1-6H,10H2;7-8H,6H2,1-5H3;1H;1-4H2;1H;(H,2,3);/q;;;;;;;;;+1/p-1. The van der Waals surface area contributed by atoms with Crippen LogP contribution in [0.2, 0.25) is 26.3 Å². The number of benzene rings is 4. The number of anilines is 2. The average molecular weight is 1500 g/mol. The van der Waals surface area contributed by atoms with Crippen molar-refractivity contribution in [1.29, 1.82) is 0 Å². The molecular formula is C66H64Cl6N21NaO7. The van der Waals surface area contributed by atoms with Crippen molar-refractivity contribution in [2.24, 2.45) is 5.34 Å². The van der Waals surface area contributed by atoms with E-state index in [2.05, 4.69) is 116 Å². The van der Waals surface area contributed by atoms with Crippen LogP contribution in [0.25, 0.3) is 60.5 Å². The Hall–Kier alpha value is -9.30. The molecule has 4 N–H and O–H groups in total. The number of ether oxygens (including phenoxy) is 1. The Balaban J connectivity index is 0.000000217. The summed E-state index contributed by atoms with van der Waals surface area (Å²) >= 11 is 28.0. The third-order valence-electron chi connectivity index (χ3n) is 14.0. The number of fused-ring (bicyclic) bond motifs is 5. The van der Waals surface area contributed by atoms with Crippen LogP contribution in [-0.4, -0.2) is 121 Å². The van der Waals surface area contributed by atoms with E-state index < -0.39 is 9.85 Å². The van der Waals surface area contributed by atoms with Crippen molar-refractivity contribution in [2.75, 3.05) is 31.2 Å². The summed E-state index contributed by atoms with van der Waals surface area (Å²) in [7, 11) is 0. The van der Waals surface area contributed by atoms with Crippen LogP contribution >= 0.6 is 70.4 Å². The van der Waals surface area contributed by atoms with Gasteiger partial charge in [-0.15, -0.1) is 22.8 Å². The Kier molecular flexibility index (Phi) is 34.3. The second-order valence-electron chi connectivity index (χ2n) is 21.4. The minimum Gasteiger partial charge on any atom is -0.444 e. The van der Waals surface area contributed by atoms with Gasteiger partial charge in [-0.1, -0.05) is 60.1 Å². The van der Waals surface area contributed by atoms with Crippen molar-refractivity contribution < 1.29 is 44.1 Å². The smallest absolute Gasteiger partial charge is 0.444 e. The van der Waals surface area contributed by atoms with Crippen LogP contribution in [0.15, 0.2) is 176 Å². The van der Waals surface area contributed by atoms with Crippen molar-refractivity contribution in [1.82, 2.24) is 79.7 Å². The molecule has 0 amide bonds. The summed E-state index contributed by atoms with van der Waals surface area (Å²) in [6.07, 6.45) is 15.7. The molecule has 0 radical (unpaired) electrons. The molecule has 0 saturated carbocycles. The Bertz CT molecular complexity index is 4830. The fraction of sp³-hybridized carbons (Fsp3) is 0.212. The number of hydrogen-bond donors (Lipinski definition) is 2. The first-order valence-corrected chi connectivity index (χ1v) is 31.9. The van der Waals surface area contributed by atoms with E-state index in [0.717, 1.165) is 109 Å². The molecule has 0 spiro atoms. The van der Waals surface area contributed by atoms with Crippen LogP contribution < -0.4 is 41.0 Å². The normalized spacial score (nSPS) is 11.0. The molecule has 4 aromatic carbocycles. The van der Waals surface area contributed by atoms with Gasteiger partial charge in [0.1, 0.15) is 18.1 Å². The van der Waals surface area contributed by atoms with Gasteiger partial charge < -0.3 is 26.3 Å². The molecule has 13 aromatic rings. The largest absolute Gasteiger partial charge is 1.00 e. The molecule has 35 heteroatoms. The zero-order chi connectivity index (χ0) is 71.4. The molecule has 1 saturated heterocycles. The van der Waals surface area contributed by atoms with Gasteiger partial charge in [-0.3, -0.25) is 45.1 Å². The van der Waals surface area contributed by atoms with E-state index in [0.29, 0.717) is 47.5 Å². The maximum Gasteiger partial charge on any atom is 1.00 e. The summed E-state index contributed by atoms with van der Waals surface area (Å²) in [5.74, 6) is 0. The van der Waals surface area contributed by atoms with Gasteiger partial charge >= 0.3 is 40.9 Å². The van der Waals surface area contributed by atoms with Gasteiger partial charge in [-0.25, -0.2) is 29.9 Å². The summed E-state index contributed by atoms with van der Waals surface area (Å²) in [5, 5.41) is 42.5. The predicted octanol–water partition coefficient (Wildman–Crippen LogP) is 12.5. The minimum atomic E-state index is -0.682. The molecule has 0 aliphatic carbocycles. The third-order valence-corrected chi connectivity index (χ3v) is 15.0. The van der Waals surface area contributed by atoms with Crippen LogP contribution in [0, 0.1) is 30.3 Å². The third kappa shape index (κ3) is 25.7. The zero-order valence-electron chi connectivity index (χ0n) is 55.1. The number of halogens is 6. The summed E-state index contributed by atoms with van der Waals surface area (Å²) in [5.41, 5.74) is 21.1. The van der Waals surface area contributed by atoms with Crippen LogP contribution in [0.1, 0.15) is 70.0 Å². The topological polar surface area (TPSA) is 389 Å². The Morgan fingerprint density at radius 2 is 0.980 bits per heavy atom. The van der Waals surface area contributed by atoms with Gasteiger partial charge in [0, 0.05) is 90.2 Å². The molecule has 28 nitrogen and oxygen atoms in total.